The van der Waals surface area contributed by atoms with E-state index in [1.165, 1.54) is 25.9 Å². The zero-order valence-electron chi connectivity index (χ0n) is 15.0. The van der Waals surface area contributed by atoms with Crippen LogP contribution in [0.15, 0.2) is 18.2 Å². The van der Waals surface area contributed by atoms with Gasteiger partial charge in [-0.2, -0.15) is 0 Å². The van der Waals surface area contributed by atoms with Crippen molar-refractivity contribution in [1.29, 1.82) is 0 Å². The normalized spacial score (nSPS) is 14.6. The fourth-order valence-corrected chi connectivity index (χ4v) is 2.96. The minimum Gasteiger partial charge on any atom is -0.490 e. The third kappa shape index (κ3) is 5.71. The second-order valence-corrected chi connectivity index (χ2v) is 6.04. The van der Waals surface area contributed by atoms with E-state index in [1.807, 2.05) is 13.8 Å². The standard InChI is InChI=1S/C19H30N2O3/c1-3-23-17-10-9-16(15-18(17)24-4-2)19(22)20-11-5-6-12-21-13-7-8-14-21/h9-10,15H,3-8,11-14H2,1-2H3,(H,20,22). The fraction of sp³-hybridized carbons (Fsp3) is 0.632. The van der Waals surface area contributed by atoms with Crippen molar-refractivity contribution in [3.05, 3.63) is 23.8 Å². The highest BCUT2D eigenvalue weighted by Crippen LogP contribution is 2.28. The monoisotopic (exact) mass is 334 g/mol. The summed E-state index contributed by atoms with van der Waals surface area (Å²) in [7, 11) is 0. The molecule has 1 N–H and O–H groups in total. The first-order valence-corrected chi connectivity index (χ1v) is 9.14. The van der Waals surface area contributed by atoms with Crippen LogP contribution in [0.5, 0.6) is 11.5 Å². The molecule has 2 rings (SSSR count). The van der Waals surface area contributed by atoms with Crippen LogP contribution in [0.4, 0.5) is 0 Å². The van der Waals surface area contributed by atoms with Crippen molar-refractivity contribution < 1.29 is 14.3 Å². The second-order valence-electron chi connectivity index (χ2n) is 6.04. The van der Waals surface area contributed by atoms with Gasteiger partial charge in [-0.15, -0.1) is 0 Å². The first-order chi connectivity index (χ1) is 11.7. The Kier molecular flexibility index (Phi) is 7.89. The Morgan fingerprint density at radius 1 is 1.08 bits per heavy atom. The molecule has 1 fully saturated rings. The predicted molar refractivity (Wildman–Crippen MR) is 96.0 cm³/mol. The number of ether oxygens (including phenoxy) is 2. The summed E-state index contributed by atoms with van der Waals surface area (Å²) >= 11 is 0. The smallest absolute Gasteiger partial charge is 0.251 e. The predicted octanol–water partition coefficient (Wildman–Crippen LogP) is 3.09. The van der Waals surface area contributed by atoms with Gasteiger partial charge in [0.2, 0.25) is 0 Å². The Labute approximate surface area is 145 Å². The molecule has 1 aliphatic rings. The maximum Gasteiger partial charge on any atom is 0.251 e. The molecule has 0 saturated carbocycles. The van der Waals surface area contributed by atoms with Gasteiger partial charge in [-0.1, -0.05) is 0 Å². The Bertz CT molecular complexity index is 513. The zero-order chi connectivity index (χ0) is 17.2. The molecule has 0 unspecified atom stereocenters. The summed E-state index contributed by atoms with van der Waals surface area (Å²) in [6.07, 6.45) is 4.80. The molecule has 1 aliphatic heterocycles. The molecule has 0 radical (unpaired) electrons. The molecule has 0 bridgehead atoms. The number of likely N-dealkylation sites (tertiary alicyclic amines) is 1. The fourth-order valence-electron chi connectivity index (χ4n) is 2.96. The van der Waals surface area contributed by atoms with Gasteiger partial charge < -0.3 is 19.7 Å². The van der Waals surface area contributed by atoms with Crippen LogP contribution in [-0.4, -0.2) is 50.2 Å². The summed E-state index contributed by atoms with van der Waals surface area (Å²) in [5.74, 6) is 1.25. The molecular formula is C19H30N2O3. The molecule has 0 atom stereocenters. The van der Waals surface area contributed by atoms with Gasteiger partial charge in [0.1, 0.15) is 0 Å². The van der Waals surface area contributed by atoms with Crippen LogP contribution in [-0.2, 0) is 0 Å². The molecule has 5 nitrogen and oxygen atoms in total. The maximum absolute atomic E-state index is 12.3. The highest BCUT2D eigenvalue weighted by molar-refractivity contribution is 5.94. The summed E-state index contributed by atoms with van der Waals surface area (Å²) in [5, 5.41) is 2.99. The van der Waals surface area contributed by atoms with Gasteiger partial charge in [-0.05, 0) is 77.4 Å². The summed E-state index contributed by atoms with van der Waals surface area (Å²) in [5.41, 5.74) is 0.612. The van der Waals surface area contributed by atoms with E-state index in [1.54, 1.807) is 18.2 Å². The summed E-state index contributed by atoms with van der Waals surface area (Å²) in [6.45, 7) is 9.29. The molecular weight excluding hydrogens is 304 g/mol. The molecule has 0 aromatic heterocycles. The van der Waals surface area contributed by atoms with E-state index in [0.29, 0.717) is 36.8 Å². The van der Waals surface area contributed by atoms with Crippen LogP contribution in [0.2, 0.25) is 0 Å². The Hall–Kier alpha value is -1.75. The van der Waals surface area contributed by atoms with Crippen LogP contribution < -0.4 is 14.8 Å². The van der Waals surface area contributed by atoms with E-state index in [2.05, 4.69) is 10.2 Å². The molecule has 1 amide bonds. The molecule has 24 heavy (non-hydrogen) atoms. The van der Waals surface area contributed by atoms with Crippen molar-refractivity contribution in [2.24, 2.45) is 0 Å². The number of hydrogen-bond acceptors (Lipinski definition) is 4. The van der Waals surface area contributed by atoms with E-state index < -0.39 is 0 Å². The lowest BCUT2D eigenvalue weighted by atomic mass is 10.2. The van der Waals surface area contributed by atoms with E-state index in [9.17, 15) is 4.79 Å². The van der Waals surface area contributed by atoms with Crippen LogP contribution in [0.25, 0.3) is 0 Å². The lowest BCUT2D eigenvalue weighted by molar-refractivity contribution is 0.0952. The number of carbonyl (C=O) groups excluding carboxylic acids is 1. The van der Waals surface area contributed by atoms with Crippen LogP contribution in [0.1, 0.15) is 49.9 Å². The summed E-state index contributed by atoms with van der Waals surface area (Å²) in [4.78, 5) is 14.8. The lowest BCUT2D eigenvalue weighted by Gasteiger charge is -2.14. The molecule has 1 aromatic rings. The van der Waals surface area contributed by atoms with Gasteiger partial charge in [0.15, 0.2) is 11.5 Å². The lowest BCUT2D eigenvalue weighted by Crippen LogP contribution is -2.26. The molecule has 134 valence electrons. The number of benzene rings is 1. The number of rotatable bonds is 10. The molecule has 5 heteroatoms. The van der Waals surface area contributed by atoms with Crippen molar-refractivity contribution in [3.8, 4) is 11.5 Å². The maximum atomic E-state index is 12.3. The average molecular weight is 334 g/mol. The number of nitrogens with zero attached hydrogens (tertiary/aromatic N) is 1. The molecule has 1 saturated heterocycles. The minimum atomic E-state index is -0.0554. The number of unbranched alkanes of at least 4 members (excludes halogenated alkanes) is 1. The van der Waals surface area contributed by atoms with Crippen LogP contribution in [0, 0.1) is 0 Å². The first-order valence-electron chi connectivity index (χ1n) is 9.14. The van der Waals surface area contributed by atoms with Gasteiger partial charge >= 0.3 is 0 Å². The van der Waals surface area contributed by atoms with Crippen LogP contribution in [0.3, 0.4) is 0 Å². The quantitative estimate of drug-likeness (QED) is 0.668. The number of nitrogens with one attached hydrogen (secondary N) is 1. The van der Waals surface area contributed by atoms with Gasteiger partial charge in [0.05, 0.1) is 13.2 Å². The van der Waals surface area contributed by atoms with Crippen molar-refractivity contribution in [3.63, 3.8) is 0 Å². The SMILES string of the molecule is CCOc1ccc(C(=O)NCCCCN2CCCC2)cc1OCC. The number of hydrogen-bond donors (Lipinski definition) is 1. The third-order valence-electron chi connectivity index (χ3n) is 4.19. The Morgan fingerprint density at radius 2 is 1.79 bits per heavy atom. The minimum absolute atomic E-state index is 0.0554. The average Bonchev–Trinajstić information content (AvgIpc) is 3.10. The summed E-state index contributed by atoms with van der Waals surface area (Å²) < 4.78 is 11.1. The van der Waals surface area contributed by atoms with E-state index in [-0.39, 0.29) is 5.91 Å². The number of amides is 1. The van der Waals surface area contributed by atoms with Crippen molar-refractivity contribution in [2.75, 3.05) is 39.4 Å². The molecule has 0 spiro atoms. The third-order valence-corrected chi connectivity index (χ3v) is 4.19. The first kappa shape index (κ1) is 18.6. The molecule has 1 heterocycles. The Morgan fingerprint density at radius 3 is 2.50 bits per heavy atom. The topological polar surface area (TPSA) is 50.8 Å². The van der Waals surface area contributed by atoms with E-state index >= 15 is 0 Å². The van der Waals surface area contributed by atoms with Gasteiger partial charge in [-0.3, -0.25) is 4.79 Å². The second kappa shape index (κ2) is 10.2. The van der Waals surface area contributed by atoms with Gasteiger partial charge in [0, 0.05) is 12.1 Å². The highest BCUT2D eigenvalue weighted by atomic mass is 16.5. The largest absolute Gasteiger partial charge is 0.490 e. The van der Waals surface area contributed by atoms with Gasteiger partial charge in [0.25, 0.3) is 5.91 Å². The van der Waals surface area contributed by atoms with Crippen molar-refractivity contribution in [2.45, 2.75) is 39.5 Å². The zero-order valence-corrected chi connectivity index (χ0v) is 15.0. The Balaban J connectivity index is 1.77. The van der Waals surface area contributed by atoms with Crippen LogP contribution >= 0.6 is 0 Å². The van der Waals surface area contributed by atoms with Gasteiger partial charge in [-0.25, -0.2) is 0 Å². The van der Waals surface area contributed by atoms with Crippen molar-refractivity contribution in [1.82, 2.24) is 10.2 Å². The molecule has 0 aliphatic carbocycles. The number of carbonyl (C=O) groups is 1. The molecule has 1 aromatic carbocycles. The van der Waals surface area contributed by atoms with E-state index in [0.717, 1.165) is 19.4 Å². The van der Waals surface area contributed by atoms with Crippen molar-refractivity contribution >= 4 is 5.91 Å². The highest BCUT2D eigenvalue weighted by Gasteiger charge is 2.12. The van der Waals surface area contributed by atoms with E-state index in [4.69, 9.17) is 9.47 Å². The summed E-state index contributed by atoms with van der Waals surface area (Å²) in [6, 6.07) is 5.35.